The van der Waals surface area contributed by atoms with Gasteiger partial charge >= 0.3 is 0 Å². The van der Waals surface area contributed by atoms with Crippen LogP contribution in [0.3, 0.4) is 0 Å². The molecule has 3 aromatic rings. The second kappa shape index (κ2) is 8.64. The van der Waals surface area contributed by atoms with Crippen LogP contribution in [-0.2, 0) is 24.2 Å². The van der Waals surface area contributed by atoms with E-state index in [2.05, 4.69) is 21.2 Å². The highest BCUT2D eigenvalue weighted by Crippen LogP contribution is 2.41. The van der Waals surface area contributed by atoms with Gasteiger partial charge in [-0.05, 0) is 55.0 Å². The molecule has 0 radical (unpaired) electrons. The Balaban J connectivity index is 1.55. The van der Waals surface area contributed by atoms with Crippen LogP contribution in [0.5, 0.6) is 0 Å². The molecule has 0 saturated carbocycles. The van der Waals surface area contributed by atoms with Crippen molar-refractivity contribution in [3.8, 4) is 0 Å². The summed E-state index contributed by atoms with van der Waals surface area (Å²) in [4.78, 5) is 34.0. The molecule has 2 amide bonds. The van der Waals surface area contributed by atoms with E-state index in [4.69, 9.17) is 4.99 Å². The summed E-state index contributed by atoms with van der Waals surface area (Å²) in [7, 11) is 1.75. The molecule has 7 heteroatoms. The second-order valence-corrected chi connectivity index (χ2v) is 10.0. The molecule has 5 rings (SSSR count). The van der Waals surface area contributed by atoms with E-state index in [1.807, 2.05) is 48.5 Å². The van der Waals surface area contributed by atoms with Gasteiger partial charge in [0.15, 0.2) is 0 Å². The second-order valence-electron chi connectivity index (χ2n) is 8.05. The van der Waals surface area contributed by atoms with Crippen LogP contribution in [0.2, 0.25) is 0 Å². The third kappa shape index (κ3) is 3.80. The topological polar surface area (TPSA) is 61.8 Å². The van der Waals surface area contributed by atoms with Crippen LogP contribution >= 0.6 is 27.3 Å². The van der Waals surface area contributed by atoms with Gasteiger partial charge < -0.3 is 10.2 Å². The predicted octanol–water partition coefficient (Wildman–Crippen LogP) is 5.42. The monoisotopic (exact) mass is 507 g/mol. The lowest BCUT2D eigenvalue weighted by Crippen LogP contribution is -2.26. The van der Waals surface area contributed by atoms with E-state index in [-0.39, 0.29) is 11.8 Å². The standard InChI is InChI=1S/C25H22BrN3O2S/c1-29-19-12-11-16(26)13-18(19)22(25(29)31)28-24-21(17-9-5-6-10-20(17)32-24)23(30)27-14-15-7-3-2-4-8-15/h2-4,7-8,11-13H,5-6,9-10,14H2,1H3,(H,27,30). The molecule has 2 aromatic carbocycles. The minimum Gasteiger partial charge on any atom is -0.348 e. The van der Waals surface area contributed by atoms with Crippen molar-refractivity contribution in [3.63, 3.8) is 0 Å². The Bertz CT molecular complexity index is 1250. The van der Waals surface area contributed by atoms with E-state index < -0.39 is 0 Å². The Morgan fingerprint density at radius 1 is 1.16 bits per heavy atom. The number of benzene rings is 2. The average Bonchev–Trinajstić information content (AvgIpc) is 3.28. The molecule has 0 spiro atoms. The normalized spacial score (nSPS) is 16.2. The fourth-order valence-corrected chi connectivity index (χ4v) is 5.94. The summed E-state index contributed by atoms with van der Waals surface area (Å²) >= 11 is 5.05. The Kier molecular flexibility index (Phi) is 5.69. The first-order valence-corrected chi connectivity index (χ1v) is 12.3. The lowest BCUT2D eigenvalue weighted by atomic mass is 9.95. The quantitative estimate of drug-likeness (QED) is 0.512. The van der Waals surface area contributed by atoms with Crippen molar-refractivity contribution < 1.29 is 9.59 Å². The molecule has 0 unspecified atom stereocenters. The molecule has 1 aliphatic carbocycles. The SMILES string of the molecule is CN1C(=O)C(=Nc2sc3c(c2C(=O)NCc2ccccc2)CCCC3)c2cc(Br)ccc21. The van der Waals surface area contributed by atoms with Gasteiger partial charge in [0.2, 0.25) is 0 Å². The number of thiophene rings is 1. The maximum Gasteiger partial charge on any atom is 0.277 e. The van der Waals surface area contributed by atoms with Crippen LogP contribution in [0, 0.1) is 0 Å². The molecule has 32 heavy (non-hydrogen) atoms. The number of aliphatic imine (C=N–C) groups is 1. The van der Waals surface area contributed by atoms with Crippen LogP contribution in [-0.4, -0.2) is 24.6 Å². The van der Waals surface area contributed by atoms with Gasteiger partial charge in [-0.15, -0.1) is 11.3 Å². The van der Waals surface area contributed by atoms with Crippen LogP contribution in [0.1, 0.15) is 44.8 Å². The van der Waals surface area contributed by atoms with Crippen molar-refractivity contribution >= 4 is 55.5 Å². The fraction of sp³-hybridized carbons (Fsp3) is 0.240. The molecular formula is C25H22BrN3O2S. The van der Waals surface area contributed by atoms with Gasteiger partial charge in [-0.3, -0.25) is 9.59 Å². The van der Waals surface area contributed by atoms with Gasteiger partial charge in [0.25, 0.3) is 11.8 Å². The summed E-state index contributed by atoms with van der Waals surface area (Å²) in [5.74, 6) is -0.277. The van der Waals surface area contributed by atoms with Gasteiger partial charge in [0.1, 0.15) is 10.7 Å². The molecule has 1 aromatic heterocycles. The lowest BCUT2D eigenvalue weighted by molar-refractivity contribution is -0.111. The number of aryl methyl sites for hydroxylation is 1. The molecule has 0 atom stereocenters. The van der Waals surface area contributed by atoms with E-state index in [0.717, 1.165) is 52.5 Å². The third-order valence-electron chi connectivity index (χ3n) is 5.97. The molecule has 2 heterocycles. The molecule has 1 N–H and O–H groups in total. The zero-order chi connectivity index (χ0) is 22.2. The van der Waals surface area contributed by atoms with Gasteiger partial charge in [-0.25, -0.2) is 4.99 Å². The number of carbonyl (C=O) groups is 2. The lowest BCUT2D eigenvalue weighted by Gasteiger charge is -2.13. The smallest absolute Gasteiger partial charge is 0.277 e. The highest BCUT2D eigenvalue weighted by molar-refractivity contribution is 9.10. The summed E-state index contributed by atoms with van der Waals surface area (Å²) in [6, 6.07) is 15.6. The molecule has 162 valence electrons. The van der Waals surface area contributed by atoms with Crippen LogP contribution in [0.15, 0.2) is 58.0 Å². The highest BCUT2D eigenvalue weighted by atomic mass is 79.9. The number of halogens is 1. The Labute approximate surface area is 199 Å². The number of hydrogen-bond acceptors (Lipinski definition) is 4. The number of anilines is 1. The molecule has 0 fully saturated rings. The minimum absolute atomic E-state index is 0.124. The van der Waals surface area contributed by atoms with Gasteiger partial charge in [0, 0.05) is 28.5 Å². The molecule has 0 bridgehead atoms. The Hall–Kier alpha value is -2.77. The van der Waals surface area contributed by atoms with Crippen molar-refractivity contribution in [3.05, 3.63) is 80.1 Å². The van der Waals surface area contributed by atoms with E-state index in [1.54, 1.807) is 23.3 Å². The van der Waals surface area contributed by atoms with E-state index in [0.29, 0.717) is 22.8 Å². The number of nitrogens with one attached hydrogen (secondary N) is 1. The first-order chi connectivity index (χ1) is 15.5. The molecule has 0 saturated heterocycles. The number of rotatable bonds is 4. The third-order valence-corrected chi connectivity index (χ3v) is 7.65. The molecule has 5 nitrogen and oxygen atoms in total. The van der Waals surface area contributed by atoms with Crippen molar-refractivity contribution in [1.82, 2.24) is 5.32 Å². The number of amides is 2. The van der Waals surface area contributed by atoms with E-state index in [1.165, 1.54) is 4.88 Å². The summed E-state index contributed by atoms with van der Waals surface area (Å²) < 4.78 is 0.887. The van der Waals surface area contributed by atoms with Gasteiger partial charge in [-0.1, -0.05) is 46.3 Å². The van der Waals surface area contributed by atoms with E-state index >= 15 is 0 Å². The zero-order valence-electron chi connectivity index (χ0n) is 17.7. The number of fused-ring (bicyclic) bond motifs is 2. The summed E-state index contributed by atoms with van der Waals surface area (Å²) in [5.41, 5.74) is 4.78. The number of nitrogens with zero attached hydrogens (tertiary/aromatic N) is 2. The largest absolute Gasteiger partial charge is 0.348 e. The highest BCUT2D eigenvalue weighted by Gasteiger charge is 2.33. The molecule has 1 aliphatic heterocycles. The van der Waals surface area contributed by atoms with Crippen molar-refractivity contribution in [1.29, 1.82) is 0 Å². The van der Waals surface area contributed by atoms with Gasteiger partial charge in [-0.2, -0.15) is 0 Å². The number of carbonyl (C=O) groups excluding carboxylic acids is 2. The van der Waals surface area contributed by atoms with Crippen LogP contribution in [0.25, 0.3) is 0 Å². The van der Waals surface area contributed by atoms with Crippen molar-refractivity contribution in [2.45, 2.75) is 32.2 Å². The first kappa shape index (κ1) is 21.1. The zero-order valence-corrected chi connectivity index (χ0v) is 20.1. The molecular weight excluding hydrogens is 486 g/mol. The Morgan fingerprint density at radius 3 is 2.75 bits per heavy atom. The number of likely N-dealkylation sites (N-methyl/N-ethyl adjacent to an activating group) is 1. The summed E-state index contributed by atoms with van der Waals surface area (Å²) in [6.45, 7) is 0.456. The predicted molar refractivity (Wildman–Crippen MR) is 132 cm³/mol. The average molecular weight is 508 g/mol. The van der Waals surface area contributed by atoms with Crippen LogP contribution < -0.4 is 10.2 Å². The van der Waals surface area contributed by atoms with Crippen molar-refractivity contribution in [2.75, 3.05) is 11.9 Å². The first-order valence-electron chi connectivity index (χ1n) is 10.7. The Morgan fingerprint density at radius 2 is 1.94 bits per heavy atom. The summed E-state index contributed by atoms with van der Waals surface area (Å²) in [5, 5.41) is 3.69. The maximum absolute atomic E-state index is 13.3. The maximum atomic E-state index is 13.3. The fourth-order valence-electron chi connectivity index (χ4n) is 4.31. The van der Waals surface area contributed by atoms with Crippen molar-refractivity contribution in [2.24, 2.45) is 4.99 Å². The van der Waals surface area contributed by atoms with E-state index in [9.17, 15) is 9.59 Å². The minimum atomic E-state index is -0.153. The number of hydrogen-bond donors (Lipinski definition) is 1. The van der Waals surface area contributed by atoms with Crippen LogP contribution in [0.4, 0.5) is 10.7 Å². The molecule has 2 aliphatic rings. The van der Waals surface area contributed by atoms with Gasteiger partial charge in [0.05, 0.1) is 11.3 Å². The summed E-state index contributed by atoms with van der Waals surface area (Å²) in [6.07, 6.45) is 4.02.